The highest BCUT2D eigenvalue weighted by molar-refractivity contribution is 5.06. The highest BCUT2D eigenvalue weighted by atomic mass is 16.5. The van der Waals surface area contributed by atoms with E-state index in [1.54, 1.807) is 0 Å². The molecule has 1 aromatic heterocycles. The van der Waals surface area contributed by atoms with Gasteiger partial charge in [0.2, 0.25) is 5.89 Å². The van der Waals surface area contributed by atoms with E-state index in [1.807, 2.05) is 0 Å². The van der Waals surface area contributed by atoms with Crippen molar-refractivity contribution >= 4 is 0 Å². The minimum atomic E-state index is 0.262. The van der Waals surface area contributed by atoms with Gasteiger partial charge in [0.15, 0.2) is 5.82 Å². The summed E-state index contributed by atoms with van der Waals surface area (Å²) in [5.74, 6) is 2.33. The SMILES string of the molecule is CCC(c1nc(C2CC2)no1)N1C[C@H](CC)N(C(C)C)C[C@H]1CC. The van der Waals surface area contributed by atoms with Gasteiger partial charge in [-0.05, 0) is 46.0 Å². The minimum absolute atomic E-state index is 0.262. The minimum Gasteiger partial charge on any atom is -0.338 e. The molecule has 3 rings (SSSR count). The Bertz CT molecular complexity index is 525. The molecule has 0 bridgehead atoms. The number of piperazine rings is 1. The number of hydrogen-bond donors (Lipinski definition) is 0. The fraction of sp³-hybridized carbons (Fsp3) is 0.895. The zero-order valence-corrected chi connectivity index (χ0v) is 16.0. The van der Waals surface area contributed by atoms with Crippen LogP contribution in [0.2, 0.25) is 0 Å². The average Bonchev–Trinajstić information content (AvgIpc) is 3.33. The molecule has 1 saturated heterocycles. The van der Waals surface area contributed by atoms with Gasteiger partial charge < -0.3 is 4.52 Å². The van der Waals surface area contributed by atoms with Crippen LogP contribution >= 0.6 is 0 Å². The second-order valence-electron chi connectivity index (χ2n) is 7.80. The van der Waals surface area contributed by atoms with Crippen LogP contribution in [-0.4, -0.2) is 51.2 Å². The second-order valence-corrected chi connectivity index (χ2v) is 7.80. The summed E-state index contributed by atoms with van der Waals surface area (Å²) < 4.78 is 5.69. The molecule has 0 aromatic carbocycles. The van der Waals surface area contributed by atoms with E-state index in [0.29, 0.717) is 24.0 Å². The normalized spacial score (nSPS) is 27.8. The molecule has 0 N–H and O–H groups in total. The maximum absolute atomic E-state index is 5.69. The predicted molar refractivity (Wildman–Crippen MR) is 96.0 cm³/mol. The Labute approximate surface area is 146 Å². The lowest BCUT2D eigenvalue weighted by Gasteiger charge is -2.49. The highest BCUT2D eigenvalue weighted by Gasteiger charge is 2.39. The first-order valence-electron chi connectivity index (χ1n) is 9.93. The Hall–Kier alpha value is -0.940. The molecular formula is C19H34N4O. The molecule has 1 aliphatic carbocycles. The summed E-state index contributed by atoms with van der Waals surface area (Å²) in [4.78, 5) is 10.1. The van der Waals surface area contributed by atoms with Gasteiger partial charge in [0, 0.05) is 37.1 Å². The lowest BCUT2D eigenvalue weighted by atomic mass is 9.97. The van der Waals surface area contributed by atoms with Crippen LogP contribution in [0.4, 0.5) is 0 Å². The first-order valence-corrected chi connectivity index (χ1v) is 9.93. The molecule has 24 heavy (non-hydrogen) atoms. The van der Waals surface area contributed by atoms with E-state index >= 15 is 0 Å². The summed E-state index contributed by atoms with van der Waals surface area (Å²) in [6.45, 7) is 13.8. The second kappa shape index (κ2) is 7.52. The van der Waals surface area contributed by atoms with Crippen molar-refractivity contribution in [3.8, 4) is 0 Å². The van der Waals surface area contributed by atoms with Crippen LogP contribution in [0.1, 0.15) is 90.4 Å². The van der Waals surface area contributed by atoms with Gasteiger partial charge in [-0.3, -0.25) is 9.80 Å². The summed E-state index contributed by atoms with van der Waals surface area (Å²) in [6.07, 6.45) is 5.83. The molecule has 1 saturated carbocycles. The van der Waals surface area contributed by atoms with E-state index in [9.17, 15) is 0 Å². The number of rotatable bonds is 7. The highest BCUT2D eigenvalue weighted by Crippen LogP contribution is 2.39. The van der Waals surface area contributed by atoms with E-state index in [4.69, 9.17) is 9.51 Å². The molecule has 5 heteroatoms. The van der Waals surface area contributed by atoms with Crippen LogP contribution in [-0.2, 0) is 0 Å². The van der Waals surface area contributed by atoms with Gasteiger partial charge in [-0.1, -0.05) is 25.9 Å². The van der Waals surface area contributed by atoms with E-state index in [2.05, 4.69) is 49.6 Å². The maximum Gasteiger partial charge on any atom is 0.244 e. The topological polar surface area (TPSA) is 45.4 Å². The average molecular weight is 335 g/mol. The quantitative estimate of drug-likeness (QED) is 0.754. The van der Waals surface area contributed by atoms with Crippen molar-refractivity contribution in [2.45, 2.75) is 96.8 Å². The molecule has 0 amide bonds. The largest absolute Gasteiger partial charge is 0.338 e. The molecule has 136 valence electrons. The Balaban J connectivity index is 1.80. The van der Waals surface area contributed by atoms with Crippen molar-refractivity contribution in [1.29, 1.82) is 0 Å². The third kappa shape index (κ3) is 3.52. The molecule has 5 nitrogen and oxygen atoms in total. The molecular weight excluding hydrogens is 300 g/mol. The van der Waals surface area contributed by atoms with Crippen molar-refractivity contribution < 1.29 is 4.52 Å². The summed E-state index contributed by atoms with van der Waals surface area (Å²) >= 11 is 0. The maximum atomic E-state index is 5.69. The summed E-state index contributed by atoms with van der Waals surface area (Å²) in [7, 11) is 0. The van der Waals surface area contributed by atoms with E-state index in [-0.39, 0.29) is 6.04 Å². The monoisotopic (exact) mass is 334 g/mol. The van der Waals surface area contributed by atoms with Crippen molar-refractivity contribution in [1.82, 2.24) is 19.9 Å². The zero-order valence-electron chi connectivity index (χ0n) is 16.0. The number of aromatic nitrogens is 2. The van der Waals surface area contributed by atoms with E-state index in [0.717, 1.165) is 31.2 Å². The summed E-state index contributed by atoms with van der Waals surface area (Å²) in [6, 6.07) is 2.05. The summed E-state index contributed by atoms with van der Waals surface area (Å²) in [5.41, 5.74) is 0. The van der Waals surface area contributed by atoms with Gasteiger partial charge in [0.25, 0.3) is 0 Å². The Kier molecular flexibility index (Phi) is 5.60. The first kappa shape index (κ1) is 17.9. The van der Waals surface area contributed by atoms with Crippen LogP contribution in [0.15, 0.2) is 4.52 Å². The van der Waals surface area contributed by atoms with Crippen LogP contribution in [0.25, 0.3) is 0 Å². The van der Waals surface area contributed by atoms with Crippen molar-refractivity contribution in [2.75, 3.05) is 13.1 Å². The van der Waals surface area contributed by atoms with Gasteiger partial charge in [-0.15, -0.1) is 0 Å². The summed E-state index contributed by atoms with van der Waals surface area (Å²) in [5, 5.41) is 4.25. The number of hydrogen-bond acceptors (Lipinski definition) is 5. The van der Waals surface area contributed by atoms with Crippen LogP contribution in [0.5, 0.6) is 0 Å². The van der Waals surface area contributed by atoms with Gasteiger partial charge in [-0.25, -0.2) is 0 Å². The van der Waals surface area contributed by atoms with Gasteiger partial charge in [0.1, 0.15) is 0 Å². The Morgan fingerprint density at radius 2 is 1.67 bits per heavy atom. The Morgan fingerprint density at radius 3 is 2.21 bits per heavy atom. The molecule has 3 atom stereocenters. The standard InChI is InChI=1S/C19H34N4O/c1-6-15-12-23(16(7-2)11-22(15)13(4)5)17(8-3)19-20-18(21-24-19)14-9-10-14/h13-17H,6-12H2,1-5H3/t15-,16+,17?/m0/s1. The molecule has 2 fully saturated rings. The molecule has 2 heterocycles. The lowest BCUT2D eigenvalue weighted by Crippen LogP contribution is -2.60. The third-order valence-electron chi connectivity index (χ3n) is 5.86. The van der Waals surface area contributed by atoms with Gasteiger partial charge in [-0.2, -0.15) is 4.98 Å². The van der Waals surface area contributed by atoms with Gasteiger partial charge >= 0.3 is 0 Å². The molecule has 1 aromatic rings. The molecule has 0 spiro atoms. The van der Waals surface area contributed by atoms with Crippen LogP contribution in [0.3, 0.4) is 0 Å². The van der Waals surface area contributed by atoms with Crippen LogP contribution < -0.4 is 0 Å². The molecule has 1 aliphatic heterocycles. The van der Waals surface area contributed by atoms with E-state index < -0.39 is 0 Å². The van der Waals surface area contributed by atoms with E-state index in [1.165, 1.54) is 25.7 Å². The van der Waals surface area contributed by atoms with Crippen molar-refractivity contribution in [3.05, 3.63) is 11.7 Å². The predicted octanol–water partition coefficient (Wildman–Crippen LogP) is 3.98. The molecule has 0 radical (unpaired) electrons. The van der Waals surface area contributed by atoms with Crippen molar-refractivity contribution in [2.24, 2.45) is 0 Å². The van der Waals surface area contributed by atoms with Gasteiger partial charge in [0.05, 0.1) is 6.04 Å². The van der Waals surface area contributed by atoms with Crippen molar-refractivity contribution in [3.63, 3.8) is 0 Å². The third-order valence-corrected chi connectivity index (χ3v) is 5.86. The fourth-order valence-corrected chi connectivity index (χ4v) is 4.18. The lowest BCUT2D eigenvalue weighted by molar-refractivity contribution is -0.0245. The Morgan fingerprint density at radius 1 is 1.04 bits per heavy atom. The first-order chi connectivity index (χ1) is 11.6. The van der Waals surface area contributed by atoms with Crippen LogP contribution in [0, 0.1) is 0 Å². The molecule has 2 aliphatic rings. The number of nitrogens with zero attached hydrogens (tertiary/aromatic N) is 4. The zero-order chi connectivity index (χ0) is 17.3. The molecule has 1 unspecified atom stereocenters. The fourth-order valence-electron chi connectivity index (χ4n) is 4.18. The smallest absolute Gasteiger partial charge is 0.244 e.